The summed E-state index contributed by atoms with van der Waals surface area (Å²) >= 11 is 0. The Morgan fingerprint density at radius 1 is 1.18 bits per heavy atom. The van der Waals surface area contributed by atoms with Crippen LogP contribution in [-0.2, 0) is 4.74 Å². The molecular formula is C30H41FN6O2. The van der Waals surface area contributed by atoms with Gasteiger partial charge < -0.3 is 26.4 Å². The van der Waals surface area contributed by atoms with Crippen LogP contribution in [0.4, 0.5) is 20.7 Å². The summed E-state index contributed by atoms with van der Waals surface area (Å²) < 4.78 is 18.8. The number of rotatable bonds is 13. The predicted molar refractivity (Wildman–Crippen MR) is 159 cm³/mol. The fourth-order valence-corrected chi connectivity index (χ4v) is 3.33. The third kappa shape index (κ3) is 11.8. The van der Waals surface area contributed by atoms with Gasteiger partial charge in [0.05, 0.1) is 5.69 Å². The van der Waals surface area contributed by atoms with Crippen LogP contribution in [0.1, 0.15) is 46.6 Å². The first-order valence-corrected chi connectivity index (χ1v) is 13.0. The van der Waals surface area contributed by atoms with Crippen LogP contribution in [0, 0.1) is 5.92 Å². The number of carbonyl (C=O) groups is 1. The van der Waals surface area contributed by atoms with Crippen LogP contribution < -0.4 is 21.7 Å². The van der Waals surface area contributed by atoms with Crippen molar-refractivity contribution in [3.63, 3.8) is 0 Å². The average Bonchev–Trinajstić information content (AvgIpc) is 2.88. The molecule has 2 rings (SSSR count). The van der Waals surface area contributed by atoms with Crippen molar-refractivity contribution >= 4 is 23.3 Å². The minimum atomic E-state index is -0.547. The number of anilines is 2. The molecule has 0 aliphatic carbocycles. The second-order valence-corrected chi connectivity index (χ2v) is 10.1. The third-order valence-corrected chi connectivity index (χ3v) is 5.34. The zero-order chi connectivity index (χ0) is 28.8. The van der Waals surface area contributed by atoms with Crippen LogP contribution in [0.15, 0.2) is 73.1 Å². The molecule has 9 heteroatoms. The summed E-state index contributed by atoms with van der Waals surface area (Å²) in [5, 5.41) is 17.8. The fourth-order valence-electron chi connectivity index (χ4n) is 3.33. The van der Waals surface area contributed by atoms with Gasteiger partial charge in [0.15, 0.2) is 0 Å². The first-order chi connectivity index (χ1) is 18.5. The number of nitrogen functional groups attached to an aromatic ring is 1. The molecule has 1 amide bonds. The highest BCUT2D eigenvalue weighted by molar-refractivity contribution is 5.77. The molecule has 0 radical (unpaired) electrons. The molecule has 2 aromatic rings. The number of halogens is 1. The molecule has 0 fully saturated rings. The van der Waals surface area contributed by atoms with Crippen molar-refractivity contribution < 1.29 is 13.9 Å². The van der Waals surface area contributed by atoms with Crippen molar-refractivity contribution in [1.29, 1.82) is 0 Å². The Balaban J connectivity index is 1.90. The Morgan fingerprint density at radius 3 is 2.59 bits per heavy atom. The molecule has 210 valence electrons. The minimum Gasteiger partial charge on any atom is -0.444 e. The summed E-state index contributed by atoms with van der Waals surface area (Å²) in [5.41, 5.74) is 9.11. The Bertz CT molecular complexity index is 1180. The van der Waals surface area contributed by atoms with Gasteiger partial charge in [-0.05, 0) is 64.0 Å². The first kappa shape index (κ1) is 31.1. The molecule has 5 N–H and O–H groups in total. The molecule has 0 aliphatic heterocycles. The van der Waals surface area contributed by atoms with E-state index in [0.29, 0.717) is 49.0 Å². The van der Waals surface area contributed by atoms with E-state index in [2.05, 4.69) is 32.7 Å². The van der Waals surface area contributed by atoms with Gasteiger partial charge in [-0.15, -0.1) is 10.2 Å². The standard InChI is InChI=1S/C30H41FN6O2/c1-7-8-11-24(31)12-9-10-21(2)20-35-28-16-15-27(36-37-28)23-13-14-26(32)25(19-23)22(3)33-17-18-34-29(38)39-30(4,5)6/h7-10,12-16,19,21,33H,3,11,17-18,20,32H2,1-2,4-6H3,(H,34,38)(H,35,37)/b8-7-,10-9+,24-12+. The summed E-state index contributed by atoms with van der Waals surface area (Å²) in [6.07, 6.45) is 8.60. The molecule has 0 aliphatic rings. The Hall–Kier alpha value is -4.14. The number of amides is 1. The molecule has 0 spiro atoms. The van der Waals surface area contributed by atoms with Crippen LogP contribution in [0.5, 0.6) is 0 Å². The number of hydrogen-bond acceptors (Lipinski definition) is 7. The van der Waals surface area contributed by atoms with Crippen molar-refractivity contribution in [3.05, 3.63) is 78.7 Å². The van der Waals surface area contributed by atoms with E-state index >= 15 is 0 Å². The van der Waals surface area contributed by atoms with Crippen molar-refractivity contribution in [1.82, 2.24) is 20.8 Å². The molecule has 1 atom stereocenters. The summed E-state index contributed by atoms with van der Waals surface area (Å²) in [6.45, 7) is 14.9. The highest BCUT2D eigenvalue weighted by atomic mass is 19.1. The van der Waals surface area contributed by atoms with Crippen LogP contribution >= 0.6 is 0 Å². The number of aromatic nitrogens is 2. The maximum absolute atomic E-state index is 13.6. The predicted octanol–water partition coefficient (Wildman–Crippen LogP) is 6.23. The molecule has 1 aromatic carbocycles. The highest BCUT2D eigenvalue weighted by Gasteiger charge is 2.15. The number of nitrogens with two attached hydrogens (primary N) is 1. The highest BCUT2D eigenvalue weighted by Crippen LogP contribution is 2.26. The summed E-state index contributed by atoms with van der Waals surface area (Å²) in [5.74, 6) is 0.647. The summed E-state index contributed by atoms with van der Waals surface area (Å²) in [4.78, 5) is 11.8. The van der Waals surface area contributed by atoms with Gasteiger partial charge in [0.2, 0.25) is 0 Å². The third-order valence-electron chi connectivity index (χ3n) is 5.34. The molecule has 0 saturated carbocycles. The zero-order valence-electron chi connectivity index (χ0n) is 23.6. The fraction of sp³-hybridized carbons (Fsp3) is 0.367. The van der Waals surface area contributed by atoms with Crippen LogP contribution in [0.25, 0.3) is 17.0 Å². The van der Waals surface area contributed by atoms with Crippen molar-refractivity contribution in [2.45, 2.75) is 46.6 Å². The van der Waals surface area contributed by atoms with Crippen molar-refractivity contribution in [2.24, 2.45) is 5.92 Å². The molecule has 1 aromatic heterocycles. The van der Waals surface area contributed by atoms with E-state index in [-0.39, 0.29) is 11.7 Å². The van der Waals surface area contributed by atoms with Crippen LogP contribution in [0.3, 0.4) is 0 Å². The van der Waals surface area contributed by atoms with E-state index in [0.717, 1.165) is 11.1 Å². The van der Waals surface area contributed by atoms with Crippen molar-refractivity contribution in [3.8, 4) is 11.3 Å². The smallest absolute Gasteiger partial charge is 0.407 e. The first-order valence-electron chi connectivity index (χ1n) is 13.0. The number of nitrogens with one attached hydrogen (secondary N) is 3. The van der Waals surface area contributed by atoms with E-state index in [1.54, 1.807) is 18.2 Å². The molecule has 0 saturated heterocycles. The monoisotopic (exact) mass is 536 g/mol. The summed E-state index contributed by atoms with van der Waals surface area (Å²) in [7, 11) is 0. The second-order valence-electron chi connectivity index (χ2n) is 10.1. The number of nitrogens with zero attached hydrogens (tertiary/aromatic N) is 2. The summed E-state index contributed by atoms with van der Waals surface area (Å²) in [6, 6.07) is 9.32. The van der Waals surface area contributed by atoms with E-state index < -0.39 is 11.7 Å². The average molecular weight is 537 g/mol. The number of carbonyl (C=O) groups excluding carboxylic acids is 1. The molecular weight excluding hydrogens is 495 g/mol. The van der Waals surface area contributed by atoms with E-state index in [4.69, 9.17) is 10.5 Å². The lowest BCUT2D eigenvalue weighted by molar-refractivity contribution is 0.0529. The maximum Gasteiger partial charge on any atom is 0.407 e. The van der Waals surface area contributed by atoms with E-state index in [1.165, 1.54) is 6.08 Å². The molecule has 39 heavy (non-hydrogen) atoms. The maximum atomic E-state index is 13.6. The van der Waals surface area contributed by atoms with Gasteiger partial charge in [0.25, 0.3) is 0 Å². The Kier molecular flexibility index (Phi) is 12.2. The van der Waals surface area contributed by atoms with Crippen LogP contribution in [0.2, 0.25) is 0 Å². The number of hydrogen-bond donors (Lipinski definition) is 4. The van der Waals surface area contributed by atoms with E-state index in [1.807, 2.05) is 71.0 Å². The lowest BCUT2D eigenvalue weighted by Crippen LogP contribution is -2.36. The molecule has 8 nitrogen and oxygen atoms in total. The number of benzene rings is 1. The lowest BCUT2D eigenvalue weighted by Gasteiger charge is -2.20. The largest absolute Gasteiger partial charge is 0.444 e. The van der Waals surface area contributed by atoms with Gasteiger partial charge in [-0.1, -0.05) is 43.9 Å². The lowest BCUT2D eigenvalue weighted by atomic mass is 10.0. The van der Waals surface area contributed by atoms with Crippen LogP contribution in [-0.4, -0.2) is 41.5 Å². The van der Waals surface area contributed by atoms with Gasteiger partial charge in [-0.3, -0.25) is 0 Å². The normalized spacial score (nSPS) is 12.9. The number of ether oxygens (including phenoxy) is 1. The van der Waals surface area contributed by atoms with Gasteiger partial charge in [-0.2, -0.15) is 0 Å². The zero-order valence-corrected chi connectivity index (χ0v) is 23.6. The SMILES string of the molecule is C=C(NCCNC(=O)OC(C)(C)C)c1cc(-c2ccc(NCC(C)/C=C/C=C(/F)C/C=C\C)nn2)ccc1N. The van der Waals surface area contributed by atoms with Gasteiger partial charge in [-0.25, -0.2) is 9.18 Å². The molecule has 0 bridgehead atoms. The van der Waals surface area contributed by atoms with Gasteiger partial charge >= 0.3 is 6.09 Å². The minimum absolute atomic E-state index is 0.175. The number of alkyl carbamates (subject to hydrolysis) is 1. The Labute approximate surface area is 231 Å². The Morgan fingerprint density at radius 2 is 1.92 bits per heavy atom. The number of allylic oxidation sites excluding steroid dienone is 5. The van der Waals surface area contributed by atoms with Gasteiger partial charge in [0.1, 0.15) is 17.2 Å². The topological polar surface area (TPSA) is 114 Å². The van der Waals surface area contributed by atoms with Gasteiger partial charge in [0, 0.05) is 48.6 Å². The molecule has 1 heterocycles. The van der Waals surface area contributed by atoms with E-state index in [9.17, 15) is 9.18 Å². The van der Waals surface area contributed by atoms with Crippen molar-refractivity contribution in [2.75, 3.05) is 30.7 Å². The quantitative estimate of drug-likeness (QED) is 0.104. The second kappa shape index (κ2) is 15.3. The molecule has 1 unspecified atom stereocenters.